The zero-order valence-electron chi connectivity index (χ0n) is 19.0. The van der Waals surface area contributed by atoms with Crippen LogP contribution >= 0.6 is 11.6 Å². The van der Waals surface area contributed by atoms with Gasteiger partial charge in [0, 0.05) is 29.4 Å². The number of ether oxygens (including phenoxy) is 1. The molecule has 8 nitrogen and oxygen atoms in total. The van der Waals surface area contributed by atoms with Gasteiger partial charge in [0.05, 0.1) is 4.90 Å². The number of primary amides is 1. The molecule has 0 aliphatic carbocycles. The summed E-state index contributed by atoms with van der Waals surface area (Å²) >= 11 is 5.90. The third-order valence-corrected chi connectivity index (χ3v) is 7.72. The maximum absolute atomic E-state index is 13.6. The van der Waals surface area contributed by atoms with Crippen molar-refractivity contribution in [3.05, 3.63) is 65.3 Å². The van der Waals surface area contributed by atoms with Crippen LogP contribution in [0.5, 0.6) is 11.6 Å². The second-order valence-electron chi connectivity index (χ2n) is 8.98. The molecule has 10 heteroatoms. The number of hydrogen-bond donors (Lipinski definition) is 1. The molecule has 1 aliphatic rings. The van der Waals surface area contributed by atoms with Crippen LogP contribution in [0, 0.1) is 5.92 Å². The van der Waals surface area contributed by atoms with Gasteiger partial charge >= 0.3 is 0 Å². The third-order valence-electron chi connectivity index (χ3n) is 5.77. The van der Waals surface area contributed by atoms with Gasteiger partial charge in [0.25, 0.3) is 5.91 Å². The molecule has 0 saturated carbocycles. The molecule has 1 atom stereocenters. The van der Waals surface area contributed by atoms with Crippen molar-refractivity contribution in [2.75, 3.05) is 11.4 Å². The predicted octanol–water partition coefficient (Wildman–Crippen LogP) is 4.48. The number of halogens is 1. The number of pyridine rings is 2. The minimum Gasteiger partial charge on any atom is -0.439 e. The number of anilines is 1. The Morgan fingerprint density at radius 2 is 1.88 bits per heavy atom. The molecule has 3 heterocycles. The number of sulfone groups is 1. The van der Waals surface area contributed by atoms with E-state index in [9.17, 15) is 13.2 Å². The van der Waals surface area contributed by atoms with E-state index in [0.29, 0.717) is 23.2 Å². The minimum absolute atomic E-state index is 0.0767. The number of nitrogens with two attached hydrogens (primary N) is 1. The van der Waals surface area contributed by atoms with E-state index in [1.165, 1.54) is 30.5 Å². The zero-order valence-corrected chi connectivity index (χ0v) is 20.6. The van der Waals surface area contributed by atoms with E-state index in [4.69, 9.17) is 22.1 Å². The Morgan fingerprint density at radius 3 is 2.50 bits per heavy atom. The smallest absolute Gasteiger partial charge is 0.253 e. The average Bonchev–Trinajstić information content (AvgIpc) is 3.06. The fraction of sp³-hybridized carbons (Fsp3) is 0.292. The van der Waals surface area contributed by atoms with Gasteiger partial charge in [0.2, 0.25) is 15.7 Å². The largest absolute Gasteiger partial charge is 0.439 e. The monoisotopic (exact) mass is 500 g/mol. The van der Waals surface area contributed by atoms with Gasteiger partial charge in [0.1, 0.15) is 17.1 Å². The predicted molar refractivity (Wildman–Crippen MR) is 129 cm³/mol. The molecule has 178 valence electrons. The van der Waals surface area contributed by atoms with Crippen molar-refractivity contribution in [1.29, 1.82) is 0 Å². The van der Waals surface area contributed by atoms with Gasteiger partial charge < -0.3 is 15.4 Å². The first-order chi connectivity index (χ1) is 16.0. The van der Waals surface area contributed by atoms with Gasteiger partial charge in [-0.05, 0) is 62.6 Å². The fourth-order valence-corrected chi connectivity index (χ4v) is 5.91. The van der Waals surface area contributed by atoms with Gasteiger partial charge in [-0.3, -0.25) is 4.79 Å². The highest BCUT2D eigenvalue weighted by Crippen LogP contribution is 2.39. The van der Waals surface area contributed by atoms with Gasteiger partial charge in [0.15, 0.2) is 5.03 Å². The van der Waals surface area contributed by atoms with Gasteiger partial charge in [-0.15, -0.1) is 0 Å². The highest BCUT2D eigenvalue weighted by molar-refractivity contribution is 7.91. The first-order valence-corrected chi connectivity index (χ1v) is 12.6. The summed E-state index contributed by atoms with van der Waals surface area (Å²) in [6, 6.07) is 12.3. The molecule has 2 aromatic heterocycles. The Balaban J connectivity index is 1.77. The number of rotatable bonds is 6. The van der Waals surface area contributed by atoms with E-state index in [1.807, 2.05) is 18.7 Å². The Kier molecular flexibility index (Phi) is 6.26. The standard InChI is InChI=1S/C24H25ClN4O4S/c1-15-13-24(2,3)29(14-15)23-21(22(26)30)18(11-12-27-23)34(31,32)20-6-4-5-19(28-20)33-17-9-7-16(25)8-10-17/h4-12,15H,13-14H2,1-3H3,(H2,26,30). The molecule has 1 aromatic carbocycles. The van der Waals surface area contributed by atoms with Crippen LogP contribution in [0.15, 0.2) is 64.6 Å². The Labute approximate surface area is 203 Å². The molecular weight excluding hydrogens is 476 g/mol. The molecule has 4 rings (SSSR count). The van der Waals surface area contributed by atoms with E-state index >= 15 is 0 Å². The molecule has 1 unspecified atom stereocenters. The maximum Gasteiger partial charge on any atom is 0.253 e. The van der Waals surface area contributed by atoms with Crippen molar-refractivity contribution in [3.8, 4) is 11.6 Å². The summed E-state index contributed by atoms with van der Waals surface area (Å²) in [6.45, 7) is 6.79. The number of hydrogen-bond acceptors (Lipinski definition) is 7. The summed E-state index contributed by atoms with van der Waals surface area (Å²) in [4.78, 5) is 22.8. The van der Waals surface area contributed by atoms with Crippen LogP contribution in [0.2, 0.25) is 5.02 Å². The number of amides is 1. The Morgan fingerprint density at radius 1 is 1.18 bits per heavy atom. The second kappa shape index (κ2) is 8.88. The molecular formula is C24H25ClN4O4S. The maximum atomic E-state index is 13.6. The lowest BCUT2D eigenvalue weighted by Gasteiger charge is -2.33. The van der Waals surface area contributed by atoms with Crippen LogP contribution in [0.25, 0.3) is 0 Å². The van der Waals surface area contributed by atoms with Crippen LogP contribution in [0.4, 0.5) is 5.82 Å². The van der Waals surface area contributed by atoms with Gasteiger partial charge in [-0.25, -0.2) is 18.4 Å². The summed E-state index contributed by atoms with van der Waals surface area (Å²) in [6.07, 6.45) is 2.25. The Hall–Kier alpha value is -3.17. The SMILES string of the molecule is CC1CN(c2nccc(S(=O)(=O)c3cccc(Oc4ccc(Cl)cc4)n3)c2C(N)=O)C(C)(C)C1. The van der Waals surface area contributed by atoms with Crippen molar-refractivity contribution in [3.63, 3.8) is 0 Å². The summed E-state index contributed by atoms with van der Waals surface area (Å²) in [7, 11) is -4.22. The number of nitrogens with zero attached hydrogens (tertiary/aromatic N) is 3. The van der Waals surface area contributed by atoms with Crippen molar-refractivity contribution in [1.82, 2.24) is 9.97 Å². The molecule has 1 amide bonds. The summed E-state index contributed by atoms with van der Waals surface area (Å²) in [5.74, 6) is 0.261. The molecule has 2 N–H and O–H groups in total. The normalized spacial score (nSPS) is 17.5. The van der Waals surface area contributed by atoms with E-state index in [1.54, 1.807) is 24.3 Å². The van der Waals surface area contributed by atoms with Crippen molar-refractivity contribution in [2.24, 2.45) is 11.7 Å². The van der Waals surface area contributed by atoms with E-state index < -0.39 is 15.7 Å². The number of carbonyl (C=O) groups excluding carboxylic acids is 1. The molecule has 3 aromatic rings. The fourth-order valence-electron chi connectivity index (χ4n) is 4.39. The number of benzene rings is 1. The minimum atomic E-state index is -4.22. The topological polar surface area (TPSA) is 115 Å². The highest BCUT2D eigenvalue weighted by atomic mass is 35.5. The van der Waals surface area contributed by atoms with Crippen LogP contribution in [0.3, 0.4) is 0 Å². The molecule has 34 heavy (non-hydrogen) atoms. The zero-order chi connectivity index (χ0) is 24.7. The molecule has 1 saturated heterocycles. The molecule has 1 fully saturated rings. The Bertz CT molecular complexity index is 1340. The molecule has 0 bridgehead atoms. The van der Waals surface area contributed by atoms with Gasteiger partial charge in [-0.2, -0.15) is 0 Å². The average molecular weight is 501 g/mol. The van der Waals surface area contributed by atoms with E-state index in [0.717, 1.165) is 6.42 Å². The highest BCUT2D eigenvalue weighted by Gasteiger charge is 2.40. The van der Waals surface area contributed by atoms with Crippen LogP contribution in [-0.2, 0) is 9.84 Å². The first kappa shape index (κ1) is 24.0. The molecule has 0 spiro atoms. The lowest BCUT2D eigenvalue weighted by molar-refractivity contribution is 0.0997. The quantitative estimate of drug-likeness (QED) is 0.530. The third kappa shape index (κ3) is 4.58. The van der Waals surface area contributed by atoms with Crippen molar-refractivity contribution >= 4 is 33.2 Å². The van der Waals surface area contributed by atoms with Gasteiger partial charge in [-0.1, -0.05) is 24.6 Å². The van der Waals surface area contributed by atoms with Crippen LogP contribution in [-0.4, -0.2) is 36.4 Å². The summed E-state index contributed by atoms with van der Waals surface area (Å²) < 4.78 is 32.9. The van der Waals surface area contributed by atoms with E-state index in [-0.39, 0.29) is 32.7 Å². The molecule has 0 radical (unpaired) electrons. The summed E-state index contributed by atoms with van der Waals surface area (Å²) in [5.41, 5.74) is 5.24. The van der Waals surface area contributed by atoms with Crippen molar-refractivity contribution < 1.29 is 17.9 Å². The summed E-state index contributed by atoms with van der Waals surface area (Å²) in [5, 5.41) is 0.271. The first-order valence-electron chi connectivity index (χ1n) is 10.7. The van der Waals surface area contributed by atoms with Crippen LogP contribution in [0.1, 0.15) is 37.6 Å². The number of carbonyl (C=O) groups is 1. The lowest BCUT2D eigenvalue weighted by Crippen LogP contribution is -2.40. The molecule has 1 aliphatic heterocycles. The lowest BCUT2D eigenvalue weighted by atomic mass is 9.97. The number of aromatic nitrogens is 2. The van der Waals surface area contributed by atoms with Crippen LogP contribution < -0.4 is 15.4 Å². The van der Waals surface area contributed by atoms with Crippen molar-refractivity contribution in [2.45, 2.75) is 42.7 Å². The second-order valence-corrected chi connectivity index (χ2v) is 11.3. The van der Waals surface area contributed by atoms with E-state index in [2.05, 4.69) is 16.9 Å².